The van der Waals surface area contributed by atoms with E-state index in [1.165, 1.54) is 50.9 Å². The van der Waals surface area contributed by atoms with Gasteiger partial charge in [0.1, 0.15) is 12.1 Å². The van der Waals surface area contributed by atoms with Gasteiger partial charge < -0.3 is 29.9 Å². The Labute approximate surface area is 241 Å². The molecule has 0 bridgehead atoms. The summed E-state index contributed by atoms with van der Waals surface area (Å²) in [7, 11) is 2.87. The normalized spacial score (nSPS) is 12.7. The van der Waals surface area contributed by atoms with Crippen molar-refractivity contribution in [2.24, 2.45) is 9.98 Å². The van der Waals surface area contributed by atoms with Crippen molar-refractivity contribution in [3.05, 3.63) is 118 Å². The summed E-state index contributed by atoms with van der Waals surface area (Å²) in [5.74, 6) is -1.89. The monoisotopic (exact) mass is 568 g/mol. The molecule has 0 spiro atoms. The highest BCUT2D eigenvalue weighted by atomic mass is 16.5. The van der Waals surface area contributed by atoms with Gasteiger partial charge in [0.05, 0.1) is 25.3 Å². The summed E-state index contributed by atoms with van der Waals surface area (Å²) >= 11 is 0. The molecule has 0 unspecified atom stereocenters. The third-order valence-electron chi connectivity index (χ3n) is 6.55. The van der Waals surface area contributed by atoms with Gasteiger partial charge in [0, 0.05) is 23.6 Å². The van der Waals surface area contributed by atoms with Gasteiger partial charge in [-0.3, -0.25) is 9.98 Å². The molecule has 0 aliphatic carbocycles. The van der Waals surface area contributed by atoms with Crippen molar-refractivity contribution in [2.45, 2.75) is 12.1 Å². The molecule has 42 heavy (non-hydrogen) atoms. The molecule has 4 aromatic rings. The maximum Gasteiger partial charge on any atom is 0.335 e. The largest absolute Gasteiger partial charge is 0.504 e. The lowest BCUT2D eigenvalue weighted by atomic mass is 9.92. The molecule has 4 aromatic carbocycles. The molecule has 0 radical (unpaired) electrons. The van der Waals surface area contributed by atoms with Gasteiger partial charge in [-0.1, -0.05) is 36.4 Å². The summed E-state index contributed by atoms with van der Waals surface area (Å²) in [5.41, 5.74) is 2.10. The van der Waals surface area contributed by atoms with Crippen LogP contribution in [0, 0.1) is 0 Å². The number of benzene rings is 4. The van der Waals surface area contributed by atoms with Crippen molar-refractivity contribution in [1.29, 1.82) is 0 Å². The molecule has 4 N–H and O–H groups in total. The maximum atomic E-state index is 11.5. The molecule has 0 heterocycles. The molecule has 214 valence electrons. The van der Waals surface area contributed by atoms with Crippen molar-refractivity contribution in [3.8, 4) is 23.0 Å². The fourth-order valence-electron chi connectivity index (χ4n) is 4.28. The van der Waals surface area contributed by atoms with Crippen LogP contribution in [0.25, 0.3) is 0 Å². The second kappa shape index (κ2) is 13.1. The number of methoxy groups -OCH3 is 2. The van der Waals surface area contributed by atoms with Gasteiger partial charge in [-0.15, -0.1) is 0 Å². The van der Waals surface area contributed by atoms with Gasteiger partial charge in [-0.2, -0.15) is 0 Å². The molecule has 2 atom stereocenters. The highest BCUT2D eigenvalue weighted by molar-refractivity contribution is 5.89. The first-order chi connectivity index (χ1) is 20.2. The van der Waals surface area contributed by atoms with Crippen LogP contribution in [-0.2, 0) is 0 Å². The Kier molecular flexibility index (Phi) is 9.18. The summed E-state index contributed by atoms with van der Waals surface area (Å²) in [6, 6.07) is 20.6. The number of aliphatic imine (C=N–C) groups is 2. The Hall–Kier alpha value is -5.64. The van der Waals surface area contributed by atoms with Crippen LogP contribution in [0.5, 0.6) is 23.0 Å². The van der Waals surface area contributed by atoms with E-state index < -0.39 is 24.0 Å². The topological polar surface area (TPSA) is 158 Å². The Morgan fingerprint density at radius 1 is 0.619 bits per heavy atom. The number of carboxylic acid groups (broad SMARTS) is 2. The average Bonchev–Trinajstić information content (AvgIpc) is 3.00. The average molecular weight is 569 g/mol. The Morgan fingerprint density at radius 3 is 1.29 bits per heavy atom. The zero-order valence-corrected chi connectivity index (χ0v) is 22.7. The van der Waals surface area contributed by atoms with Crippen LogP contribution in [0.15, 0.2) is 94.9 Å². The van der Waals surface area contributed by atoms with Crippen molar-refractivity contribution in [3.63, 3.8) is 0 Å². The molecule has 10 heteroatoms. The van der Waals surface area contributed by atoms with Gasteiger partial charge in [-0.05, 0) is 59.7 Å². The maximum absolute atomic E-state index is 11.5. The summed E-state index contributed by atoms with van der Waals surface area (Å²) in [5, 5.41) is 40.1. The Morgan fingerprint density at radius 2 is 0.976 bits per heavy atom. The molecular formula is C32H28N2O8. The number of hydrogen-bond donors (Lipinski definition) is 4. The molecule has 0 amide bonds. The number of phenolic OH excluding ortho intramolecular Hbond substituents is 2. The number of carboxylic acids is 2. The Bertz CT molecular complexity index is 1510. The first kappa shape index (κ1) is 29.3. The molecule has 0 saturated carbocycles. The first-order valence-corrected chi connectivity index (χ1v) is 12.7. The number of phenols is 2. The van der Waals surface area contributed by atoms with E-state index in [-0.39, 0.29) is 34.1 Å². The van der Waals surface area contributed by atoms with Crippen LogP contribution >= 0.6 is 0 Å². The second-order valence-corrected chi connectivity index (χ2v) is 9.10. The van der Waals surface area contributed by atoms with Gasteiger partial charge in [0.25, 0.3) is 0 Å². The third-order valence-corrected chi connectivity index (χ3v) is 6.55. The van der Waals surface area contributed by atoms with Gasteiger partial charge in [0.2, 0.25) is 0 Å². The minimum absolute atomic E-state index is 0.0825. The lowest BCUT2D eigenvalue weighted by Gasteiger charge is -2.22. The smallest absolute Gasteiger partial charge is 0.335 e. The number of aromatic carboxylic acids is 2. The first-order valence-electron chi connectivity index (χ1n) is 12.7. The van der Waals surface area contributed by atoms with E-state index in [4.69, 9.17) is 19.5 Å². The highest BCUT2D eigenvalue weighted by Gasteiger charge is 2.25. The molecule has 10 nitrogen and oxygen atoms in total. The van der Waals surface area contributed by atoms with E-state index in [2.05, 4.69) is 0 Å². The van der Waals surface area contributed by atoms with Crippen molar-refractivity contribution >= 4 is 24.4 Å². The summed E-state index contributed by atoms with van der Waals surface area (Å²) in [6.45, 7) is 0. The van der Waals surface area contributed by atoms with Gasteiger partial charge >= 0.3 is 11.9 Å². The number of ether oxygens (including phenoxy) is 2. The SMILES string of the molecule is COc1cccc(C=N[C@@H](c2ccc(C(=O)O)cc2)[C@@H](N=Cc2cccc(OC)c2O)c2ccc(C(=O)O)cc2)c1O. The molecule has 0 aromatic heterocycles. The van der Waals surface area contributed by atoms with Crippen molar-refractivity contribution in [1.82, 2.24) is 0 Å². The number of hydrogen-bond acceptors (Lipinski definition) is 8. The van der Waals surface area contributed by atoms with Crippen LogP contribution < -0.4 is 9.47 Å². The third kappa shape index (κ3) is 6.56. The summed E-state index contributed by atoms with van der Waals surface area (Å²) in [4.78, 5) is 32.5. The number of rotatable bonds is 11. The number of nitrogens with zero attached hydrogens (tertiary/aromatic N) is 2. The number of carbonyl (C=O) groups is 2. The quantitative estimate of drug-likeness (QED) is 0.172. The lowest BCUT2D eigenvalue weighted by molar-refractivity contribution is 0.0686. The minimum atomic E-state index is -1.09. The van der Waals surface area contributed by atoms with E-state index in [0.717, 1.165) is 0 Å². The van der Waals surface area contributed by atoms with Crippen molar-refractivity contribution in [2.75, 3.05) is 14.2 Å². The fraction of sp³-hybridized carbons (Fsp3) is 0.125. The molecule has 4 rings (SSSR count). The van der Waals surface area contributed by atoms with E-state index >= 15 is 0 Å². The van der Waals surface area contributed by atoms with E-state index in [0.29, 0.717) is 22.3 Å². The van der Waals surface area contributed by atoms with Crippen LogP contribution in [0.4, 0.5) is 0 Å². The molecular weight excluding hydrogens is 540 g/mol. The van der Waals surface area contributed by atoms with Gasteiger partial charge in [-0.25, -0.2) is 9.59 Å². The van der Waals surface area contributed by atoms with Crippen LogP contribution in [0.2, 0.25) is 0 Å². The number of para-hydroxylation sites is 2. The highest BCUT2D eigenvalue weighted by Crippen LogP contribution is 2.37. The zero-order valence-electron chi connectivity index (χ0n) is 22.7. The Balaban J connectivity index is 1.88. The molecule has 0 aliphatic rings. The van der Waals surface area contributed by atoms with Crippen LogP contribution in [0.1, 0.15) is 55.1 Å². The van der Waals surface area contributed by atoms with E-state index in [1.807, 2.05) is 0 Å². The second-order valence-electron chi connectivity index (χ2n) is 9.10. The predicted octanol–water partition coefficient (Wildman–Crippen LogP) is 5.53. The summed E-state index contributed by atoms with van der Waals surface area (Å²) in [6.07, 6.45) is 2.93. The van der Waals surface area contributed by atoms with E-state index in [9.17, 15) is 30.0 Å². The predicted molar refractivity (Wildman–Crippen MR) is 157 cm³/mol. The molecule has 0 aliphatic heterocycles. The summed E-state index contributed by atoms with van der Waals surface area (Å²) < 4.78 is 10.4. The zero-order chi connectivity index (χ0) is 30.2. The standard InChI is InChI=1S/C32H28N2O8/c1-41-25-7-3-5-23(29(25)35)17-33-27(19-9-13-21(14-10-19)31(37)38)28(20-11-15-22(16-12-20)32(39)40)34-18-24-6-4-8-26(42-2)30(24)36/h3-18,27-28,35-36H,1-2H3,(H,37,38)(H,39,40)/t27-,28-/m0/s1. The van der Waals surface area contributed by atoms with Crippen LogP contribution in [-0.4, -0.2) is 59.0 Å². The fourth-order valence-corrected chi connectivity index (χ4v) is 4.28. The minimum Gasteiger partial charge on any atom is -0.504 e. The van der Waals surface area contributed by atoms with Crippen molar-refractivity contribution < 1.29 is 39.5 Å². The number of aromatic hydroxyl groups is 2. The molecule has 0 saturated heterocycles. The van der Waals surface area contributed by atoms with Crippen LogP contribution in [0.3, 0.4) is 0 Å². The molecule has 0 fully saturated rings. The lowest BCUT2D eigenvalue weighted by Crippen LogP contribution is -2.10. The van der Waals surface area contributed by atoms with E-state index in [1.54, 1.807) is 60.7 Å². The van der Waals surface area contributed by atoms with Gasteiger partial charge in [0.15, 0.2) is 23.0 Å².